The van der Waals surface area contributed by atoms with E-state index in [1.165, 1.54) is 0 Å². The first kappa shape index (κ1) is 20.0. The van der Waals surface area contributed by atoms with E-state index < -0.39 is 11.9 Å². The molecule has 27 heavy (non-hydrogen) atoms. The second-order valence-electron chi connectivity index (χ2n) is 6.11. The van der Waals surface area contributed by atoms with Crippen LogP contribution in [0.5, 0.6) is 11.5 Å². The molecule has 0 bridgehead atoms. The zero-order chi connectivity index (χ0) is 19.8. The van der Waals surface area contributed by atoms with Crippen LogP contribution in [0.15, 0.2) is 72.8 Å². The average molecular weight is 366 g/mol. The third kappa shape index (κ3) is 6.47. The van der Waals surface area contributed by atoms with Crippen LogP contribution in [-0.4, -0.2) is 11.9 Å². The van der Waals surface area contributed by atoms with Crippen molar-refractivity contribution in [1.29, 1.82) is 0 Å². The maximum Gasteiger partial charge on any atom is 0.333 e. The maximum absolute atomic E-state index is 11.5. The molecule has 2 aromatic carbocycles. The third-order valence-electron chi connectivity index (χ3n) is 3.47. The van der Waals surface area contributed by atoms with Crippen LogP contribution >= 0.6 is 0 Å². The fourth-order valence-corrected chi connectivity index (χ4v) is 2.08. The van der Waals surface area contributed by atoms with Gasteiger partial charge in [-0.25, -0.2) is 9.59 Å². The molecule has 0 radical (unpaired) electrons. The fraction of sp³-hybridized carbons (Fsp3) is 0.182. The Balaban J connectivity index is 2.00. The van der Waals surface area contributed by atoms with E-state index in [2.05, 4.69) is 13.2 Å². The van der Waals surface area contributed by atoms with Crippen molar-refractivity contribution in [2.45, 2.75) is 27.1 Å². The Labute approximate surface area is 158 Å². The molecule has 2 rings (SSSR count). The zero-order valence-electron chi connectivity index (χ0n) is 15.5. The zero-order valence-corrected chi connectivity index (χ0v) is 15.5. The van der Waals surface area contributed by atoms with Gasteiger partial charge in [0.1, 0.15) is 24.7 Å². The van der Waals surface area contributed by atoms with Crippen LogP contribution < -0.4 is 4.74 Å². The van der Waals surface area contributed by atoms with Crippen molar-refractivity contribution < 1.29 is 23.8 Å². The Morgan fingerprint density at radius 2 is 1.19 bits per heavy atom. The minimum atomic E-state index is -0.432. The van der Waals surface area contributed by atoms with E-state index in [9.17, 15) is 9.59 Å². The number of benzene rings is 2. The van der Waals surface area contributed by atoms with Gasteiger partial charge in [0, 0.05) is 11.1 Å². The topological polar surface area (TPSA) is 61.8 Å². The predicted octanol–water partition coefficient (Wildman–Crippen LogP) is 4.72. The van der Waals surface area contributed by atoms with Gasteiger partial charge in [0.15, 0.2) is 0 Å². The summed E-state index contributed by atoms with van der Waals surface area (Å²) in [5.41, 5.74) is 2.31. The van der Waals surface area contributed by atoms with Gasteiger partial charge in [-0.15, -0.1) is 0 Å². The molecule has 0 heterocycles. The average Bonchev–Trinajstić information content (AvgIpc) is 2.64. The number of carbonyl (C=O) groups excluding carboxylic acids is 2. The first-order chi connectivity index (χ1) is 12.8. The van der Waals surface area contributed by atoms with E-state index in [0.29, 0.717) is 22.6 Å². The molecule has 2 aromatic rings. The molecule has 0 fully saturated rings. The van der Waals surface area contributed by atoms with Crippen LogP contribution in [0.2, 0.25) is 0 Å². The summed E-state index contributed by atoms with van der Waals surface area (Å²) in [5, 5.41) is 0. The van der Waals surface area contributed by atoms with E-state index in [1.807, 2.05) is 24.3 Å². The van der Waals surface area contributed by atoms with Crippen LogP contribution in [0, 0.1) is 0 Å². The highest BCUT2D eigenvalue weighted by Gasteiger charge is 2.07. The number of ether oxygens (including phenoxy) is 3. The molecule has 0 N–H and O–H groups in total. The summed E-state index contributed by atoms with van der Waals surface area (Å²) in [7, 11) is 0. The molecular weight excluding hydrogens is 344 g/mol. The number of hydrogen-bond acceptors (Lipinski definition) is 5. The van der Waals surface area contributed by atoms with Gasteiger partial charge in [-0.1, -0.05) is 37.4 Å². The highest BCUT2D eigenvalue weighted by molar-refractivity contribution is 5.87. The maximum atomic E-state index is 11.5. The predicted molar refractivity (Wildman–Crippen MR) is 102 cm³/mol. The number of esters is 2. The van der Waals surface area contributed by atoms with Crippen LogP contribution in [0.1, 0.15) is 25.0 Å². The number of rotatable bonds is 8. The summed E-state index contributed by atoms with van der Waals surface area (Å²) in [6.07, 6.45) is 0. The number of hydrogen-bond donors (Lipinski definition) is 0. The summed E-state index contributed by atoms with van der Waals surface area (Å²) in [6.45, 7) is 10.6. The summed E-state index contributed by atoms with van der Waals surface area (Å²) in [5.74, 6) is 0.349. The Kier molecular flexibility index (Phi) is 6.94. The second kappa shape index (κ2) is 9.38. The molecule has 0 atom stereocenters. The summed E-state index contributed by atoms with van der Waals surface area (Å²) < 4.78 is 16.1. The van der Waals surface area contributed by atoms with E-state index in [4.69, 9.17) is 14.2 Å². The molecule has 140 valence electrons. The lowest BCUT2D eigenvalue weighted by Crippen LogP contribution is -2.05. The molecular formula is C22H22O5. The molecule has 0 aliphatic rings. The van der Waals surface area contributed by atoms with Crippen molar-refractivity contribution in [3.8, 4) is 11.5 Å². The molecule has 0 saturated carbocycles. The van der Waals surface area contributed by atoms with Gasteiger partial charge in [-0.3, -0.25) is 0 Å². The largest absolute Gasteiger partial charge is 0.457 e. The highest BCUT2D eigenvalue weighted by atomic mass is 16.5. The normalized spacial score (nSPS) is 10.0. The molecule has 0 amide bonds. The molecule has 0 unspecified atom stereocenters. The first-order valence-electron chi connectivity index (χ1n) is 8.36. The van der Waals surface area contributed by atoms with Gasteiger partial charge in [0.2, 0.25) is 0 Å². The lowest BCUT2D eigenvalue weighted by atomic mass is 10.2. The smallest absolute Gasteiger partial charge is 0.333 e. The van der Waals surface area contributed by atoms with Crippen molar-refractivity contribution in [1.82, 2.24) is 0 Å². The summed E-state index contributed by atoms with van der Waals surface area (Å²) in [6, 6.07) is 14.5. The SMILES string of the molecule is C=C(C)C(=O)OCc1cccc(Oc2cccc(COC(=O)C(=C)C)c2)c1. The van der Waals surface area contributed by atoms with E-state index in [1.54, 1.807) is 38.1 Å². The molecule has 0 aromatic heterocycles. The molecule has 0 spiro atoms. The highest BCUT2D eigenvalue weighted by Crippen LogP contribution is 2.24. The van der Waals surface area contributed by atoms with E-state index in [0.717, 1.165) is 11.1 Å². The van der Waals surface area contributed by atoms with Gasteiger partial charge >= 0.3 is 11.9 Å². The lowest BCUT2D eigenvalue weighted by molar-refractivity contribution is -0.141. The van der Waals surface area contributed by atoms with Gasteiger partial charge in [0.05, 0.1) is 0 Å². The summed E-state index contributed by atoms with van der Waals surface area (Å²) >= 11 is 0. The van der Waals surface area contributed by atoms with Crippen LogP contribution in [0.25, 0.3) is 0 Å². The Morgan fingerprint density at radius 3 is 1.56 bits per heavy atom. The van der Waals surface area contributed by atoms with Crippen molar-refractivity contribution in [2.75, 3.05) is 0 Å². The van der Waals surface area contributed by atoms with Gasteiger partial charge in [-0.05, 0) is 49.2 Å². The van der Waals surface area contributed by atoms with E-state index >= 15 is 0 Å². The second-order valence-corrected chi connectivity index (χ2v) is 6.11. The van der Waals surface area contributed by atoms with Gasteiger partial charge in [-0.2, -0.15) is 0 Å². The standard InChI is InChI=1S/C22H22O5/c1-15(2)21(23)25-13-17-7-5-9-19(11-17)27-20-10-6-8-18(12-20)14-26-22(24)16(3)4/h5-12H,1,3,13-14H2,2,4H3. The third-order valence-corrected chi connectivity index (χ3v) is 3.47. The van der Waals surface area contributed by atoms with Gasteiger partial charge in [0.25, 0.3) is 0 Å². The lowest BCUT2D eigenvalue weighted by Gasteiger charge is -2.10. The van der Waals surface area contributed by atoms with Crippen molar-refractivity contribution in [3.05, 3.63) is 84.0 Å². The van der Waals surface area contributed by atoms with Crippen LogP contribution in [-0.2, 0) is 32.3 Å². The molecule has 0 aliphatic heterocycles. The quantitative estimate of drug-likeness (QED) is 0.500. The molecule has 5 nitrogen and oxygen atoms in total. The van der Waals surface area contributed by atoms with Crippen molar-refractivity contribution in [2.24, 2.45) is 0 Å². The molecule has 5 heteroatoms. The molecule has 0 aliphatic carbocycles. The van der Waals surface area contributed by atoms with E-state index in [-0.39, 0.29) is 13.2 Å². The van der Waals surface area contributed by atoms with Crippen molar-refractivity contribution >= 4 is 11.9 Å². The summed E-state index contributed by atoms with van der Waals surface area (Å²) in [4.78, 5) is 23.0. The Morgan fingerprint density at radius 1 is 0.778 bits per heavy atom. The number of carbonyl (C=O) groups is 2. The molecule has 0 saturated heterocycles. The monoisotopic (exact) mass is 366 g/mol. The first-order valence-corrected chi connectivity index (χ1v) is 8.36. The minimum Gasteiger partial charge on any atom is -0.457 e. The van der Waals surface area contributed by atoms with Crippen LogP contribution in [0.3, 0.4) is 0 Å². The van der Waals surface area contributed by atoms with Crippen LogP contribution in [0.4, 0.5) is 0 Å². The Bertz CT molecular complexity index is 795. The fourth-order valence-electron chi connectivity index (χ4n) is 2.08. The van der Waals surface area contributed by atoms with Gasteiger partial charge < -0.3 is 14.2 Å². The van der Waals surface area contributed by atoms with Crippen molar-refractivity contribution in [3.63, 3.8) is 0 Å². The Hall–Kier alpha value is -3.34. The minimum absolute atomic E-state index is 0.139.